The van der Waals surface area contributed by atoms with E-state index in [1.54, 1.807) is 13.8 Å². The van der Waals surface area contributed by atoms with Crippen LogP contribution < -0.4 is 0 Å². The van der Waals surface area contributed by atoms with E-state index in [-0.39, 0.29) is 12.0 Å². The Balaban J connectivity index is 4.13. The van der Waals surface area contributed by atoms with Crippen LogP contribution in [-0.4, -0.2) is 17.0 Å². The topological polar surface area (TPSA) is 29.5 Å². The molecule has 2 atom stereocenters. The van der Waals surface area contributed by atoms with Gasteiger partial charge in [0.25, 0.3) is 0 Å². The van der Waals surface area contributed by atoms with Crippen molar-refractivity contribution in [3.05, 3.63) is 12.7 Å². The standard InChI is InChI=1S/C19H34O2/c1-6-8-9-10-11-15-18(21-19(4,5)20)16-13-12-14-17(3)7-2/h7,17-18,20H,2,6,8-11,13,15-16H2,1,3-5H3. The molecule has 0 radical (unpaired) electrons. The summed E-state index contributed by atoms with van der Waals surface area (Å²) in [5.74, 6) is 5.51. The van der Waals surface area contributed by atoms with Gasteiger partial charge in [-0.2, -0.15) is 0 Å². The van der Waals surface area contributed by atoms with Crippen LogP contribution in [-0.2, 0) is 4.74 Å². The van der Waals surface area contributed by atoms with Gasteiger partial charge in [-0.25, -0.2) is 0 Å². The number of rotatable bonds is 11. The lowest BCUT2D eigenvalue weighted by Gasteiger charge is -2.26. The highest BCUT2D eigenvalue weighted by Crippen LogP contribution is 2.18. The van der Waals surface area contributed by atoms with Crippen molar-refractivity contribution in [3.8, 4) is 11.8 Å². The largest absolute Gasteiger partial charge is 0.366 e. The van der Waals surface area contributed by atoms with Gasteiger partial charge in [0.2, 0.25) is 0 Å². The molecule has 0 aromatic rings. The molecular formula is C19H34O2. The van der Waals surface area contributed by atoms with Gasteiger partial charge in [0, 0.05) is 12.3 Å². The molecule has 0 heterocycles. The number of allylic oxidation sites excluding steroid dienone is 1. The molecule has 122 valence electrons. The fourth-order valence-electron chi connectivity index (χ4n) is 2.17. The molecule has 0 aromatic heterocycles. The first-order valence-electron chi connectivity index (χ1n) is 8.40. The summed E-state index contributed by atoms with van der Waals surface area (Å²) >= 11 is 0. The number of aliphatic hydroxyl groups is 1. The smallest absolute Gasteiger partial charge is 0.160 e. The van der Waals surface area contributed by atoms with Gasteiger partial charge >= 0.3 is 0 Å². The molecule has 0 rings (SSSR count). The van der Waals surface area contributed by atoms with Gasteiger partial charge in [0.1, 0.15) is 0 Å². The molecule has 0 saturated carbocycles. The van der Waals surface area contributed by atoms with Crippen molar-refractivity contribution in [2.75, 3.05) is 0 Å². The quantitative estimate of drug-likeness (QED) is 0.249. The summed E-state index contributed by atoms with van der Waals surface area (Å²) in [6, 6.07) is 0. The van der Waals surface area contributed by atoms with E-state index in [9.17, 15) is 5.11 Å². The van der Waals surface area contributed by atoms with Crippen molar-refractivity contribution in [1.29, 1.82) is 0 Å². The molecular weight excluding hydrogens is 260 g/mol. The van der Waals surface area contributed by atoms with E-state index in [0.29, 0.717) is 0 Å². The van der Waals surface area contributed by atoms with Gasteiger partial charge in [-0.1, -0.05) is 51.0 Å². The molecule has 0 spiro atoms. The summed E-state index contributed by atoms with van der Waals surface area (Å²) in [7, 11) is 0. The molecule has 0 fully saturated rings. The Bertz CT molecular complexity index is 317. The molecule has 21 heavy (non-hydrogen) atoms. The number of ether oxygens (including phenoxy) is 1. The maximum Gasteiger partial charge on any atom is 0.160 e. The highest BCUT2D eigenvalue weighted by molar-refractivity contribution is 5.07. The Morgan fingerprint density at radius 1 is 1.19 bits per heavy atom. The Kier molecular flexibility index (Phi) is 11.4. The first-order chi connectivity index (χ1) is 9.89. The van der Waals surface area contributed by atoms with Crippen LogP contribution in [0.4, 0.5) is 0 Å². The van der Waals surface area contributed by atoms with Crippen molar-refractivity contribution in [1.82, 2.24) is 0 Å². The Morgan fingerprint density at radius 3 is 2.43 bits per heavy atom. The van der Waals surface area contributed by atoms with Crippen molar-refractivity contribution in [2.24, 2.45) is 5.92 Å². The lowest BCUT2D eigenvalue weighted by Crippen LogP contribution is -2.30. The highest BCUT2D eigenvalue weighted by atomic mass is 16.6. The van der Waals surface area contributed by atoms with E-state index in [0.717, 1.165) is 25.7 Å². The van der Waals surface area contributed by atoms with Crippen LogP contribution in [0.5, 0.6) is 0 Å². The second-order valence-corrected chi connectivity index (χ2v) is 6.27. The molecule has 0 amide bonds. The predicted molar refractivity (Wildman–Crippen MR) is 90.9 cm³/mol. The van der Waals surface area contributed by atoms with Gasteiger partial charge in [-0.05, 0) is 33.6 Å². The second-order valence-electron chi connectivity index (χ2n) is 6.27. The summed E-state index contributed by atoms with van der Waals surface area (Å²) in [5, 5.41) is 9.84. The normalized spacial score (nSPS) is 14.1. The first-order valence-corrected chi connectivity index (χ1v) is 8.40. The van der Waals surface area contributed by atoms with Crippen molar-refractivity contribution >= 4 is 0 Å². The van der Waals surface area contributed by atoms with E-state index < -0.39 is 5.79 Å². The van der Waals surface area contributed by atoms with Crippen LogP contribution in [0.1, 0.15) is 79.1 Å². The molecule has 0 saturated heterocycles. The van der Waals surface area contributed by atoms with E-state index in [1.807, 2.05) is 13.0 Å². The second kappa shape index (κ2) is 11.8. The summed E-state index contributed by atoms with van der Waals surface area (Å²) in [6.07, 6.45) is 10.9. The summed E-state index contributed by atoms with van der Waals surface area (Å²) in [6.45, 7) is 11.4. The van der Waals surface area contributed by atoms with Crippen LogP contribution in [0.15, 0.2) is 12.7 Å². The van der Waals surface area contributed by atoms with Gasteiger partial charge in [0.15, 0.2) is 5.79 Å². The van der Waals surface area contributed by atoms with E-state index >= 15 is 0 Å². The van der Waals surface area contributed by atoms with Gasteiger partial charge in [-0.15, -0.1) is 12.5 Å². The van der Waals surface area contributed by atoms with Crippen molar-refractivity contribution in [3.63, 3.8) is 0 Å². The minimum atomic E-state index is -1.06. The SMILES string of the molecule is C=CC(C)C#CCCC(CCCCCCC)OC(C)(C)O. The Hall–Kier alpha value is -0.780. The lowest BCUT2D eigenvalue weighted by molar-refractivity contribution is -0.207. The fourth-order valence-corrected chi connectivity index (χ4v) is 2.17. The number of hydrogen-bond acceptors (Lipinski definition) is 2. The zero-order valence-electron chi connectivity index (χ0n) is 14.5. The molecule has 0 aliphatic heterocycles. The predicted octanol–water partition coefficient (Wildman–Crippen LogP) is 5.07. The monoisotopic (exact) mass is 294 g/mol. The molecule has 0 aromatic carbocycles. The van der Waals surface area contributed by atoms with Gasteiger partial charge in [-0.3, -0.25) is 0 Å². The lowest BCUT2D eigenvalue weighted by atomic mass is 10.0. The maximum atomic E-state index is 9.84. The minimum Gasteiger partial charge on any atom is -0.366 e. The minimum absolute atomic E-state index is 0.0972. The van der Waals surface area contributed by atoms with Crippen LogP contribution >= 0.6 is 0 Å². The molecule has 0 aliphatic rings. The van der Waals surface area contributed by atoms with Crippen LogP contribution in [0.3, 0.4) is 0 Å². The molecule has 1 N–H and O–H groups in total. The van der Waals surface area contributed by atoms with Gasteiger partial charge < -0.3 is 9.84 Å². The van der Waals surface area contributed by atoms with Crippen LogP contribution in [0.25, 0.3) is 0 Å². The van der Waals surface area contributed by atoms with Crippen molar-refractivity contribution < 1.29 is 9.84 Å². The Morgan fingerprint density at radius 2 is 1.86 bits per heavy atom. The third-order valence-electron chi connectivity index (χ3n) is 3.36. The van der Waals surface area contributed by atoms with E-state index in [1.165, 1.54) is 25.7 Å². The average Bonchev–Trinajstić information content (AvgIpc) is 2.41. The summed E-state index contributed by atoms with van der Waals surface area (Å²) in [4.78, 5) is 0. The van der Waals surface area contributed by atoms with E-state index in [2.05, 4.69) is 25.3 Å². The first kappa shape index (κ1) is 20.2. The number of hydrogen-bond donors (Lipinski definition) is 1. The van der Waals surface area contributed by atoms with Gasteiger partial charge in [0.05, 0.1) is 6.10 Å². The summed E-state index contributed by atoms with van der Waals surface area (Å²) < 4.78 is 5.75. The van der Waals surface area contributed by atoms with Crippen LogP contribution in [0, 0.1) is 17.8 Å². The fraction of sp³-hybridized carbons (Fsp3) is 0.789. The maximum absolute atomic E-state index is 9.84. The molecule has 2 unspecified atom stereocenters. The van der Waals surface area contributed by atoms with Crippen LogP contribution in [0.2, 0.25) is 0 Å². The third-order valence-corrected chi connectivity index (χ3v) is 3.36. The molecule has 0 aliphatic carbocycles. The summed E-state index contributed by atoms with van der Waals surface area (Å²) in [5.41, 5.74) is 0. The molecule has 2 heteroatoms. The van der Waals surface area contributed by atoms with Crippen molar-refractivity contribution in [2.45, 2.75) is 91.0 Å². The zero-order chi connectivity index (χ0) is 16.1. The highest BCUT2D eigenvalue weighted by Gasteiger charge is 2.19. The molecule has 0 bridgehead atoms. The van der Waals surface area contributed by atoms with E-state index in [4.69, 9.17) is 4.74 Å². The number of unbranched alkanes of at least 4 members (excludes halogenated alkanes) is 4. The Labute approximate surface area is 132 Å². The molecule has 2 nitrogen and oxygen atoms in total. The third kappa shape index (κ3) is 13.9. The zero-order valence-corrected chi connectivity index (χ0v) is 14.5. The average molecular weight is 294 g/mol.